The van der Waals surface area contributed by atoms with E-state index in [9.17, 15) is 13.2 Å². The van der Waals surface area contributed by atoms with Gasteiger partial charge in [0.2, 0.25) is 10.0 Å². The molecule has 1 aromatic carbocycles. The van der Waals surface area contributed by atoms with Crippen LogP contribution >= 0.6 is 15.9 Å². The van der Waals surface area contributed by atoms with Crippen molar-refractivity contribution in [3.05, 3.63) is 22.7 Å². The zero-order valence-corrected chi connectivity index (χ0v) is 15.4. The maximum atomic E-state index is 12.9. The summed E-state index contributed by atoms with van der Waals surface area (Å²) in [5, 5.41) is 0. The van der Waals surface area contributed by atoms with E-state index in [1.165, 1.54) is 13.2 Å². The molecule has 0 amide bonds. The van der Waals surface area contributed by atoms with Crippen LogP contribution in [0.1, 0.15) is 20.8 Å². The highest BCUT2D eigenvalue weighted by Gasteiger charge is 2.32. The molecule has 0 aliphatic rings. The van der Waals surface area contributed by atoms with Gasteiger partial charge in [0.25, 0.3) is 0 Å². The standard InChI is InChI=1S/C14H20BrNO5S/c1-5-21-12-7-6-11(15)8-13(12)22(18,19)16(10(2)3)9-14(17)20-4/h6-8,10H,5,9H2,1-4H3. The minimum atomic E-state index is -3.90. The molecule has 124 valence electrons. The SMILES string of the molecule is CCOc1ccc(Br)cc1S(=O)(=O)N(CC(=O)OC)C(C)C. The van der Waals surface area contributed by atoms with E-state index in [1.54, 1.807) is 32.9 Å². The molecule has 22 heavy (non-hydrogen) atoms. The third-order valence-corrected chi connectivity index (χ3v) is 5.42. The van der Waals surface area contributed by atoms with Crippen molar-refractivity contribution in [2.24, 2.45) is 0 Å². The monoisotopic (exact) mass is 393 g/mol. The van der Waals surface area contributed by atoms with E-state index in [4.69, 9.17) is 4.74 Å². The second-order valence-electron chi connectivity index (χ2n) is 4.74. The molecule has 0 atom stereocenters. The van der Waals surface area contributed by atoms with Crippen LogP contribution < -0.4 is 4.74 Å². The maximum absolute atomic E-state index is 12.9. The zero-order chi connectivity index (χ0) is 16.9. The van der Waals surface area contributed by atoms with Gasteiger partial charge in [-0.3, -0.25) is 4.79 Å². The number of carbonyl (C=O) groups excluding carboxylic acids is 1. The summed E-state index contributed by atoms with van der Waals surface area (Å²) in [5.74, 6) is -0.369. The van der Waals surface area contributed by atoms with Crippen molar-refractivity contribution in [1.29, 1.82) is 0 Å². The first-order valence-corrected chi connectivity index (χ1v) is 8.98. The molecule has 0 fully saturated rings. The second kappa shape index (κ2) is 7.94. The smallest absolute Gasteiger partial charge is 0.321 e. The molecule has 0 unspecified atom stereocenters. The van der Waals surface area contributed by atoms with E-state index in [0.29, 0.717) is 11.1 Å². The lowest BCUT2D eigenvalue weighted by Crippen LogP contribution is -2.41. The molecule has 8 heteroatoms. The number of halogens is 1. The van der Waals surface area contributed by atoms with Gasteiger partial charge in [0.15, 0.2) is 0 Å². The van der Waals surface area contributed by atoms with E-state index in [1.807, 2.05) is 0 Å². The minimum absolute atomic E-state index is 0.0151. The van der Waals surface area contributed by atoms with Crippen LogP contribution in [0.3, 0.4) is 0 Å². The van der Waals surface area contributed by atoms with Gasteiger partial charge < -0.3 is 9.47 Å². The van der Waals surface area contributed by atoms with Crippen LogP contribution in [0.25, 0.3) is 0 Å². The molecular weight excluding hydrogens is 374 g/mol. The number of benzene rings is 1. The number of carbonyl (C=O) groups is 1. The first kappa shape index (κ1) is 18.9. The van der Waals surface area contributed by atoms with Gasteiger partial charge in [0.05, 0.1) is 13.7 Å². The lowest BCUT2D eigenvalue weighted by atomic mass is 10.3. The van der Waals surface area contributed by atoms with Crippen molar-refractivity contribution in [3.63, 3.8) is 0 Å². The molecular formula is C14H20BrNO5S. The number of methoxy groups -OCH3 is 1. The predicted molar refractivity (Wildman–Crippen MR) is 86.4 cm³/mol. The summed E-state index contributed by atoms with van der Waals surface area (Å²) in [6, 6.07) is 4.34. The summed E-state index contributed by atoms with van der Waals surface area (Å²) < 4.78 is 37.4. The van der Waals surface area contributed by atoms with E-state index < -0.39 is 22.0 Å². The summed E-state index contributed by atoms with van der Waals surface area (Å²) in [6.07, 6.45) is 0. The minimum Gasteiger partial charge on any atom is -0.492 e. The molecule has 0 aliphatic carbocycles. The van der Waals surface area contributed by atoms with Gasteiger partial charge in [0, 0.05) is 10.5 Å². The average molecular weight is 394 g/mol. The highest BCUT2D eigenvalue weighted by molar-refractivity contribution is 9.10. The van der Waals surface area contributed by atoms with Crippen LogP contribution in [-0.2, 0) is 19.6 Å². The molecule has 0 heterocycles. The molecule has 0 N–H and O–H groups in total. The summed E-state index contributed by atoms with van der Waals surface area (Å²) in [4.78, 5) is 11.5. The van der Waals surface area contributed by atoms with Gasteiger partial charge >= 0.3 is 5.97 Å². The Labute approximate surface area is 139 Å². The van der Waals surface area contributed by atoms with Crippen molar-refractivity contribution < 1.29 is 22.7 Å². The van der Waals surface area contributed by atoms with Crippen LogP contribution in [0.15, 0.2) is 27.6 Å². The zero-order valence-electron chi connectivity index (χ0n) is 13.0. The lowest BCUT2D eigenvalue weighted by molar-refractivity contribution is -0.141. The van der Waals surface area contributed by atoms with E-state index in [-0.39, 0.29) is 17.2 Å². The Morgan fingerprint density at radius 1 is 1.36 bits per heavy atom. The normalized spacial score (nSPS) is 11.8. The maximum Gasteiger partial charge on any atom is 0.321 e. The molecule has 0 saturated carbocycles. The van der Waals surface area contributed by atoms with Gasteiger partial charge in [-0.25, -0.2) is 8.42 Å². The second-order valence-corrected chi connectivity index (χ2v) is 7.52. The largest absolute Gasteiger partial charge is 0.492 e. The highest BCUT2D eigenvalue weighted by Crippen LogP contribution is 2.30. The molecule has 6 nitrogen and oxygen atoms in total. The number of hydrogen-bond donors (Lipinski definition) is 0. The molecule has 0 radical (unpaired) electrons. The Balaban J connectivity index is 3.36. The van der Waals surface area contributed by atoms with Gasteiger partial charge in [-0.1, -0.05) is 15.9 Å². The first-order chi connectivity index (χ1) is 10.2. The van der Waals surface area contributed by atoms with Crippen molar-refractivity contribution in [3.8, 4) is 5.75 Å². The summed E-state index contributed by atoms with van der Waals surface area (Å²) in [5.41, 5.74) is 0. The van der Waals surface area contributed by atoms with Gasteiger partial charge in [0.1, 0.15) is 17.2 Å². The fourth-order valence-corrected chi connectivity index (χ4v) is 4.07. The fraction of sp³-hybridized carbons (Fsp3) is 0.500. The van der Waals surface area contributed by atoms with E-state index >= 15 is 0 Å². The quantitative estimate of drug-likeness (QED) is 0.665. The number of nitrogens with zero attached hydrogens (tertiary/aromatic N) is 1. The number of hydrogen-bond acceptors (Lipinski definition) is 5. The lowest BCUT2D eigenvalue weighted by Gasteiger charge is -2.25. The van der Waals surface area contributed by atoms with Crippen LogP contribution in [-0.4, -0.2) is 45.0 Å². The van der Waals surface area contributed by atoms with E-state index in [0.717, 1.165) is 4.31 Å². The van der Waals surface area contributed by atoms with Crippen molar-refractivity contribution in [2.45, 2.75) is 31.7 Å². The topological polar surface area (TPSA) is 72.9 Å². The number of esters is 1. The summed E-state index contributed by atoms with van der Waals surface area (Å²) in [7, 11) is -2.68. The van der Waals surface area contributed by atoms with Crippen LogP contribution in [0.2, 0.25) is 0 Å². The van der Waals surface area contributed by atoms with Crippen molar-refractivity contribution in [2.75, 3.05) is 20.3 Å². The molecule has 0 bridgehead atoms. The molecule has 0 aliphatic heterocycles. The average Bonchev–Trinajstić information content (AvgIpc) is 2.45. The molecule has 0 spiro atoms. The predicted octanol–water partition coefficient (Wildman–Crippen LogP) is 2.42. The summed E-state index contributed by atoms with van der Waals surface area (Å²) in [6.45, 7) is 5.14. The van der Waals surface area contributed by atoms with Crippen LogP contribution in [0.5, 0.6) is 5.75 Å². The van der Waals surface area contributed by atoms with Crippen molar-refractivity contribution >= 4 is 31.9 Å². The molecule has 1 aromatic rings. The number of ether oxygens (including phenoxy) is 2. The Hall–Kier alpha value is -1.12. The molecule has 0 saturated heterocycles. The Bertz CT molecular complexity index is 630. The fourth-order valence-electron chi connectivity index (χ4n) is 1.82. The van der Waals surface area contributed by atoms with Crippen LogP contribution in [0.4, 0.5) is 0 Å². The van der Waals surface area contributed by atoms with E-state index in [2.05, 4.69) is 20.7 Å². The highest BCUT2D eigenvalue weighted by atomic mass is 79.9. The summed E-state index contributed by atoms with van der Waals surface area (Å²) >= 11 is 3.26. The number of sulfonamides is 1. The van der Waals surface area contributed by atoms with Gasteiger partial charge in [-0.15, -0.1) is 0 Å². The third kappa shape index (κ3) is 4.44. The Morgan fingerprint density at radius 2 is 2.00 bits per heavy atom. The van der Waals surface area contributed by atoms with Gasteiger partial charge in [-0.2, -0.15) is 4.31 Å². The third-order valence-electron chi connectivity index (χ3n) is 2.88. The first-order valence-electron chi connectivity index (χ1n) is 6.75. The Kier molecular flexibility index (Phi) is 6.83. The molecule has 0 aromatic heterocycles. The van der Waals surface area contributed by atoms with Gasteiger partial charge in [-0.05, 0) is 39.0 Å². The Morgan fingerprint density at radius 3 is 2.50 bits per heavy atom. The number of rotatable bonds is 7. The molecule has 1 rings (SSSR count). The van der Waals surface area contributed by atoms with Crippen LogP contribution in [0, 0.1) is 0 Å². The van der Waals surface area contributed by atoms with Crippen molar-refractivity contribution in [1.82, 2.24) is 4.31 Å².